The third-order valence-corrected chi connectivity index (χ3v) is 5.07. The summed E-state index contributed by atoms with van der Waals surface area (Å²) in [6.07, 6.45) is 1.67. The average Bonchev–Trinajstić information content (AvgIpc) is 3.21. The molecule has 0 aliphatic rings. The molecular weight excluding hydrogens is 372 g/mol. The number of carbonyl (C=O) groups excluding carboxylic acids is 2. The first kappa shape index (κ1) is 18.0. The van der Waals surface area contributed by atoms with Crippen molar-refractivity contribution in [2.75, 3.05) is 24.7 Å². The van der Waals surface area contributed by atoms with E-state index >= 15 is 0 Å². The predicted molar refractivity (Wildman–Crippen MR) is 102 cm³/mol. The Morgan fingerprint density at radius 2 is 1.96 bits per heavy atom. The fourth-order valence-corrected chi connectivity index (χ4v) is 3.67. The van der Waals surface area contributed by atoms with Crippen LogP contribution in [0.1, 0.15) is 25.9 Å². The number of nitrogens with zero attached hydrogens (tertiary/aromatic N) is 4. The number of pyridine rings is 1. The van der Waals surface area contributed by atoms with Crippen LogP contribution >= 0.6 is 22.7 Å². The Kier molecular flexibility index (Phi) is 5.24. The van der Waals surface area contributed by atoms with Crippen molar-refractivity contribution in [1.29, 1.82) is 0 Å². The van der Waals surface area contributed by atoms with Crippen molar-refractivity contribution in [2.45, 2.75) is 6.92 Å². The molecular formula is C16H16N6O2S2. The van der Waals surface area contributed by atoms with Crippen LogP contribution in [0.15, 0.2) is 29.8 Å². The summed E-state index contributed by atoms with van der Waals surface area (Å²) >= 11 is 2.44. The maximum atomic E-state index is 12.4. The minimum Gasteiger partial charge on any atom is -0.344 e. The average molecular weight is 388 g/mol. The number of hydrogen-bond donors (Lipinski definition) is 2. The van der Waals surface area contributed by atoms with Gasteiger partial charge in [0.2, 0.25) is 0 Å². The van der Waals surface area contributed by atoms with E-state index in [2.05, 4.69) is 25.6 Å². The van der Waals surface area contributed by atoms with Crippen LogP contribution in [0.25, 0.3) is 0 Å². The summed E-state index contributed by atoms with van der Waals surface area (Å²) in [7, 11) is 3.34. The first-order chi connectivity index (χ1) is 12.4. The van der Waals surface area contributed by atoms with E-state index in [0.717, 1.165) is 11.3 Å². The number of nitrogens with one attached hydrogen (secondary N) is 2. The van der Waals surface area contributed by atoms with E-state index in [0.29, 0.717) is 26.7 Å². The van der Waals surface area contributed by atoms with Gasteiger partial charge in [0.05, 0.1) is 5.69 Å². The number of anilines is 3. The van der Waals surface area contributed by atoms with Crippen molar-refractivity contribution in [3.8, 4) is 0 Å². The van der Waals surface area contributed by atoms with E-state index in [1.54, 1.807) is 32.6 Å². The molecule has 0 bridgehead atoms. The molecule has 10 heteroatoms. The molecule has 2 N–H and O–H groups in total. The van der Waals surface area contributed by atoms with Gasteiger partial charge < -0.3 is 10.2 Å². The molecule has 2 amide bonds. The zero-order valence-corrected chi connectivity index (χ0v) is 15.9. The summed E-state index contributed by atoms with van der Waals surface area (Å²) in [6, 6.07) is 5.48. The fourth-order valence-electron chi connectivity index (χ4n) is 1.99. The van der Waals surface area contributed by atoms with E-state index < -0.39 is 0 Å². The zero-order chi connectivity index (χ0) is 18.7. The molecule has 0 spiro atoms. The highest BCUT2D eigenvalue weighted by Crippen LogP contribution is 2.25. The Morgan fingerprint density at radius 3 is 2.65 bits per heavy atom. The summed E-state index contributed by atoms with van der Waals surface area (Å²) in [4.78, 5) is 39.1. The third kappa shape index (κ3) is 4.03. The van der Waals surface area contributed by atoms with E-state index in [9.17, 15) is 9.59 Å². The molecule has 0 unspecified atom stereocenters. The molecule has 0 saturated heterocycles. The van der Waals surface area contributed by atoms with Crippen LogP contribution in [0, 0.1) is 6.92 Å². The Hall–Kier alpha value is -2.85. The lowest BCUT2D eigenvalue weighted by Crippen LogP contribution is -2.21. The molecule has 8 nitrogen and oxygen atoms in total. The number of carbonyl (C=O) groups is 2. The van der Waals surface area contributed by atoms with E-state index in [4.69, 9.17) is 0 Å². The summed E-state index contributed by atoms with van der Waals surface area (Å²) < 4.78 is 0. The topological polar surface area (TPSA) is 100 Å². The Labute approximate surface area is 157 Å². The molecule has 3 aromatic rings. The first-order valence-corrected chi connectivity index (χ1v) is 9.27. The van der Waals surface area contributed by atoms with Gasteiger partial charge in [-0.05, 0) is 19.1 Å². The maximum absolute atomic E-state index is 12.4. The van der Waals surface area contributed by atoms with E-state index in [1.807, 2.05) is 18.2 Å². The number of rotatable bonds is 5. The van der Waals surface area contributed by atoms with E-state index in [1.165, 1.54) is 16.2 Å². The van der Waals surface area contributed by atoms with Crippen molar-refractivity contribution < 1.29 is 9.59 Å². The number of aromatic nitrogens is 3. The number of hydrogen-bond acceptors (Lipinski definition) is 8. The van der Waals surface area contributed by atoms with Crippen LogP contribution < -0.4 is 10.6 Å². The van der Waals surface area contributed by atoms with Crippen LogP contribution in [0.4, 0.5) is 16.1 Å². The monoisotopic (exact) mass is 388 g/mol. The van der Waals surface area contributed by atoms with Gasteiger partial charge in [0.1, 0.15) is 16.4 Å². The van der Waals surface area contributed by atoms with Gasteiger partial charge in [0.25, 0.3) is 11.8 Å². The second kappa shape index (κ2) is 7.58. The van der Waals surface area contributed by atoms with Crippen LogP contribution in [0.3, 0.4) is 0 Å². The number of thiazole rings is 2. The summed E-state index contributed by atoms with van der Waals surface area (Å²) in [5.74, 6) is 0.125. The number of aryl methyl sites for hydroxylation is 1. The van der Waals surface area contributed by atoms with Crippen molar-refractivity contribution >= 4 is 50.6 Å². The molecule has 0 aliphatic heterocycles. The Morgan fingerprint density at radius 1 is 1.15 bits per heavy atom. The molecule has 3 aromatic heterocycles. The lowest BCUT2D eigenvalue weighted by Gasteiger charge is -2.07. The summed E-state index contributed by atoms with van der Waals surface area (Å²) in [5.41, 5.74) is 0.849. The standard InChI is InChI=1S/C16H16N6O2S2/c1-9-12(14(24)22(2)3)26-16(18-9)21-13(23)10-8-25-15(19-10)20-11-6-4-5-7-17-11/h4-8H,1-3H3,(H,17,19,20)(H,18,21,23). The smallest absolute Gasteiger partial charge is 0.276 e. The highest BCUT2D eigenvalue weighted by Gasteiger charge is 2.19. The van der Waals surface area contributed by atoms with Crippen molar-refractivity contribution in [3.05, 3.63) is 46.0 Å². The molecule has 3 rings (SSSR count). The van der Waals surface area contributed by atoms with Gasteiger partial charge in [-0.2, -0.15) is 0 Å². The largest absolute Gasteiger partial charge is 0.344 e. The van der Waals surface area contributed by atoms with Crippen molar-refractivity contribution in [1.82, 2.24) is 19.9 Å². The van der Waals surface area contributed by atoms with Crippen LogP contribution in [-0.4, -0.2) is 45.8 Å². The lowest BCUT2D eigenvalue weighted by molar-refractivity contribution is 0.0831. The van der Waals surface area contributed by atoms with Crippen LogP contribution in [0.5, 0.6) is 0 Å². The van der Waals surface area contributed by atoms with Crippen molar-refractivity contribution in [2.24, 2.45) is 0 Å². The van der Waals surface area contributed by atoms with Gasteiger partial charge in [0, 0.05) is 25.7 Å². The van der Waals surface area contributed by atoms with E-state index in [-0.39, 0.29) is 17.5 Å². The zero-order valence-electron chi connectivity index (χ0n) is 14.3. The molecule has 0 aromatic carbocycles. The second-order valence-electron chi connectivity index (χ2n) is 5.47. The van der Waals surface area contributed by atoms with Gasteiger partial charge in [-0.1, -0.05) is 17.4 Å². The molecule has 134 valence electrons. The Balaban J connectivity index is 1.69. The predicted octanol–water partition coefficient (Wildman–Crippen LogP) is 3.00. The molecule has 0 saturated carbocycles. The summed E-state index contributed by atoms with van der Waals surface area (Å²) in [5, 5.41) is 8.30. The highest BCUT2D eigenvalue weighted by atomic mass is 32.1. The Bertz CT molecular complexity index is 935. The van der Waals surface area contributed by atoms with Crippen molar-refractivity contribution in [3.63, 3.8) is 0 Å². The SMILES string of the molecule is Cc1nc(NC(=O)c2csc(Nc3ccccn3)n2)sc1C(=O)N(C)C. The molecule has 0 radical (unpaired) electrons. The van der Waals surface area contributed by atoms with Crippen LogP contribution in [-0.2, 0) is 0 Å². The first-order valence-electron chi connectivity index (χ1n) is 7.58. The molecule has 0 aliphatic carbocycles. The molecule has 3 heterocycles. The van der Waals surface area contributed by atoms with Gasteiger partial charge >= 0.3 is 0 Å². The van der Waals surface area contributed by atoms with Gasteiger partial charge in [0.15, 0.2) is 10.3 Å². The minimum absolute atomic E-state index is 0.143. The second-order valence-corrected chi connectivity index (χ2v) is 7.32. The molecule has 0 atom stereocenters. The number of amides is 2. The van der Waals surface area contributed by atoms with Gasteiger partial charge in [-0.3, -0.25) is 14.9 Å². The fraction of sp³-hybridized carbons (Fsp3) is 0.188. The van der Waals surface area contributed by atoms with Gasteiger partial charge in [-0.15, -0.1) is 11.3 Å². The minimum atomic E-state index is -0.382. The third-order valence-electron chi connectivity index (χ3n) is 3.25. The lowest BCUT2D eigenvalue weighted by atomic mass is 10.3. The normalized spacial score (nSPS) is 10.4. The summed E-state index contributed by atoms with van der Waals surface area (Å²) in [6.45, 7) is 1.74. The molecule has 0 fully saturated rings. The maximum Gasteiger partial charge on any atom is 0.276 e. The van der Waals surface area contributed by atoms with Crippen LogP contribution in [0.2, 0.25) is 0 Å². The highest BCUT2D eigenvalue weighted by molar-refractivity contribution is 7.17. The van der Waals surface area contributed by atoms with Gasteiger partial charge in [-0.25, -0.2) is 15.0 Å². The quantitative estimate of drug-likeness (QED) is 0.697. The molecule has 26 heavy (non-hydrogen) atoms.